The van der Waals surface area contributed by atoms with E-state index in [2.05, 4.69) is 58.4 Å². The summed E-state index contributed by atoms with van der Waals surface area (Å²) in [5, 5.41) is 2.41. The van der Waals surface area contributed by atoms with E-state index in [4.69, 9.17) is 4.74 Å². The number of nitrogens with zero attached hydrogens (tertiary/aromatic N) is 2. The fourth-order valence-electron chi connectivity index (χ4n) is 5.53. The Bertz CT molecular complexity index is 1040. The molecule has 1 saturated carbocycles. The Morgan fingerprint density at radius 1 is 1.06 bits per heavy atom. The minimum atomic E-state index is -0.360. The first-order valence-corrected chi connectivity index (χ1v) is 11.5. The van der Waals surface area contributed by atoms with Crippen molar-refractivity contribution in [2.45, 2.75) is 37.5 Å². The van der Waals surface area contributed by atoms with E-state index < -0.39 is 0 Å². The van der Waals surface area contributed by atoms with Gasteiger partial charge in [0.05, 0.1) is 18.6 Å². The van der Waals surface area contributed by atoms with Crippen LogP contribution in [0.1, 0.15) is 36.8 Å². The van der Waals surface area contributed by atoms with Gasteiger partial charge >= 0.3 is 0 Å². The number of hydrogen-bond acceptors (Lipinski definition) is 3. The summed E-state index contributed by atoms with van der Waals surface area (Å²) in [6, 6.07) is 18.9. The van der Waals surface area contributed by atoms with Crippen molar-refractivity contribution in [1.29, 1.82) is 0 Å². The monoisotopic (exact) mass is 414 g/mol. The minimum Gasteiger partial charge on any atom is -0.379 e. The number of pyridine rings is 1. The van der Waals surface area contributed by atoms with Crippen molar-refractivity contribution < 1.29 is 9.53 Å². The van der Waals surface area contributed by atoms with E-state index in [-0.39, 0.29) is 5.41 Å². The van der Waals surface area contributed by atoms with E-state index in [0.717, 1.165) is 44.0 Å². The molecule has 3 aromatic rings. The van der Waals surface area contributed by atoms with Gasteiger partial charge in [-0.1, -0.05) is 61.4 Å². The van der Waals surface area contributed by atoms with E-state index >= 15 is 0 Å². The average Bonchev–Trinajstić information content (AvgIpc) is 3.21. The number of rotatable bonds is 4. The molecule has 2 aliphatic rings. The molecule has 0 spiro atoms. The van der Waals surface area contributed by atoms with E-state index in [1.807, 2.05) is 18.5 Å². The minimum absolute atomic E-state index is 0.291. The summed E-state index contributed by atoms with van der Waals surface area (Å²) in [5.41, 5.74) is 2.13. The summed E-state index contributed by atoms with van der Waals surface area (Å²) in [5.74, 6) is 0.591. The van der Waals surface area contributed by atoms with Crippen LogP contribution in [0.15, 0.2) is 67.0 Å². The molecule has 2 aromatic carbocycles. The number of aromatic nitrogens is 1. The van der Waals surface area contributed by atoms with Gasteiger partial charge in [-0.05, 0) is 41.8 Å². The zero-order valence-corrected chi connectivity index (χ0v) is 18.0. The van der Waals surface area contributed by atoms with Crippen LogP contribution in [0.3, 0.4) is 0 Å². The summed E-state index contributed by atoms with van der Waals surface area (Å²) in [4.78, 5) is 20.3. The fourth-order valence-corrected chi connectivity index (χ4v) is 5.53. The van der Waals surface area contributed by atoms with Gasteiger partial charge in [-0.15, -0.1) is 0 Å². The summed E-state index contributed by atoms with van der Waals surface area (Å²) in [6.45, 7) is 2.76. The molecule has 5 rings (SSSR count). The Kier molecular flexibility index (Phi) is 5.73. The number of carbonyl (C=O) groups is 1. The van der Waals surface area contributed by atoms with E-state index in [1.165, 1.54) is 16.5 Å². The normalized spacial score (nSPS) is 21.2. The molecule has 2 heterocycles. The van der Waals surface area contributed by atoms with E-state index in [1.54, 1.807) is 0 Å². The number of amides is 1. The van der Waals surface area contributed by atoms with Crippen molar-refractivity contribution in [3.63, 3.8) is 0 Å². The second-order valence-corrected chi connectivity index (χ2v) is 9.07. The first kappa shape index (κ1) is 20.2. The largest absolute Gasteiger partial charge is 0.379 e. The summed E-state index contributed by atoms with van der Waals surface area (Å²) >= 11 is 0. The molecule has 31 heavy (non-hydrogen) atoms. The van der Waals surface area contributed by atoms with Crippen molar-refractivity contribution in [2.24, 2.45) is 5.92 Å². The fraction of sp³-hybridized carbons (Fsp3) is 0.407. The van der Waals surface area contributed by atoms with Crippen LogP contribution in [0, 0.1) is 5.92 Å². The van der Waals surface area contributed by atoms with E-state index in [0.29, 0.717) is 31.6 Å². The van der Waals surface area contributed by atoms with Crippen LogP contribution in [0.4, 0.5) is 0 Å². The molecule has 1 atom stereocenters. The Morgan fingerprint density at radius 3 is 2.74 bits per heavy atom. The van der Waals surface area contributed by atoms with Crippen LogP contribution in [0.2, 0.25) is 0 Å². The zero-order chi connectivity index (χ0) is 21.1. The smallest absolute Gasteiger partial charge is 0.233 e. The second kappa shape index (κ2) is 8.80. The van der Waals surface area contributed by atoms with Gasteiger partial charge in [0, 0.05) is 36.8 Å². The molecule has 1 saturated heterocycles. The first-order valence-electron chi connectivity index (χ1n) is 11.5. The number of carbonyl (C=O) groups excluding carboxylic acids is 1. The highest BCUT2D eigenvalue weighted by molar-refractivity contribution is 5.89. The van der Waals surface area contributed by atoms with Gasteiger partial charge in [0.15, 0.2) is 0 Å². The molecule has 1 aliphatic heterocycles. The highest BCUT2D eigenvalue weighted by atomic mass is 16.5. The predicted octanol–water partition coefficient (Wildman–Crippen LogP) is 4.76. The molecule has 1 unspecified atom stereocenters. The van der Waals surface area contributed by atoms with Crippen LogP contribution in [0.5, 0.6) is 0 Å². The number of fused-ring (bicyclic) bond motifs is 1. The van der Waals surface area contributed by atoms with Crippen molar-refractivity contribution in [2.75, 3.05) is 26.3 Å². The maximum atomic E-state index is 13.9. The molecule has 1 aliphatic carbocycles. The highest BCUT2D eigenvalue weighted by Crippen LogP contribution is 2.43. The first-order chi connectivity index (χ1) is 15.3. The summed E-state index contributed by atoms with van der Waals surface area (Å²) in [7, 11) is 0. The van der Waals surface area contributed by atoms with Crippen molar-refractivity contribution in [3.8, 4) is 0 Å². The Labute approximate surface area is 184 Å². The SMILES string of the molecule is O=C(N1CCOCC(Cc2cccc3cnccc23)C1)C1(c2ccccc2)CCCC1. The number of benzene rings is 2. The van der Waals surface area contributed by atoms with Gasteiger partial charge in [-0.2, -0.15) is 0 Å². The van der Waals surface area contributed by atoms with Gasteiger partial charge in [-0.3, -0.25) is 9.78 Å². The van der Waals surface area contributed by atoms with Gasteiger partial charge in [-0.25, -0.2) is 0 Å². The second-order valence-electron chi connectivity index (χ2n) is 9.07. The third kappa shape index (κ3) is 3.97. The van der Waals surface area contributed by atoms with Gasteiger partial charge < -0.3 is 9.64 Å². The van der Waals surface area contributed by atoms with Crippen LogP contribution in [-0.2, 0) is 21.4 Å². The maximum absolute atomic E-state index is 13.9. The van der Waals surface area contributed by atoms with Crippen molar-refractivity contribution in [3.05, 3.63) is 78.1 Å². The van der Waals surface area contributed by atoms with Crippen molar-refractivity contribution >= 4 is 16.7 Å². The lowest BCUT2D eigenvalue weighted by Gasteiger charge is -2.35. The van der Waals surface area contributed by atoms with Gasteiger partial charge in [0.25, 0.3) is 0 Å². The molecule has 0 N–H and O–H groups in total. The third-order valence-corrected chi connectivity index (χ3v) is 7.10. The molecular weight excluding hydrogens is 384 g/mol. The maximum Gasteiger partial charge on any atom is 0.233 e. The topological polar surface area (TPSA) is 42.4 Å². The quantitative estimate of drug-likeness (QED) is 0.618. The summed E-state index contributed by atoms with van der Waals surface area (Å²) in [6.07, 6.45) is 8.83. The molecule has 160 valence electrons. The van der Waals surface area contributed by atoms with Crippen LogP contribution in [-0.4, -0.2) is 42.1 Å². The van der Waals surface area contributed by atoms with Crippen molar-refractivity contribution in [1.82, 2.24) is 9.88 Å². The van der Waals surface area contributed by atoms with Crippen LogP contribution < -0.4 is 0 Å². The molecule has 0 bridgehead atoms. The Hall–Kier alpha value is -2.72. The predicted molar refractivity (Wildman–Crippen MR) is 123 cm³/mol. The lowest BCUT2D eigenvalue weighted by Crippen LogP contribution is -2.47. The Morgan fingerprint density at radius 2 is 1.90 bits per heavy atom. The lowest BCUT2D eigenvalue weighted by atomic mass is 9.77. The summed E-state index contributed by atoms with van der Waals surface area (Å²) < 4.78 is 5.97. The molecule has 4 heteroatoms. The molecule has 2 fully saturated rings. The third-order valence-electron chi connectivity index (χ3n) is 7.10. The molecule has 1 aromatic heterocycles. The molecule has 4 nitrogen and oxygen atoms in total. The lowest BCUT2D eigenvalue weighted by molar-refractivity contribution is -0.137. The number of hydrogen-bond donors (Lipinski definition) is 0. The molecule has 0 radical (unpaired) electrons. The molecular formula is C27H30N2O2. The standard InChI is InChI=1S/C27H30N2O2/c30-26(27(12-4-5-13-27)24-9-2-1-3-10-24)29-15-16-31-20-21(19-29)17-22-7-6-8-23-18-28-14-11-25(22)23/h1-3,6-11,14,18,21H,4-5,12-13,15-17,19-20H2. The average molecular weight is 415 g/mol. The highest BCUT2D eigenvalue weighted by Gasteiger charge is 2.45. The number of ether oxygens (including phenoxy) is 1. The van der Waals surface area contributed by atoms with Gasteiger partial charge in [0.1, 0.15) is 0 Å². The van der Waals surface area contributed by atoms with Crippen LogP contribution in [0.25, 0.3) is 10.8 Å². The Balaban J connectivity index is 1.39. The van der Waals surface area contributed by atoms with Gasteiger partial charge in [0.2, 0.25) is 5.91 Å². The van der Waals surface area contributed by atoms with E-state index in [9.17, 15) is 4.79 Å². The van der Waals surface area contributed by atoms with Crippen LogP contribution >= 0.6 is 0 Å². The zero-order valence-electron chi connectivity index (χ0n) is 18.0. The molecule has 1 amide bonds.